The molecule has 1 aromatic carbocycles. The number of nitrogens with one attached hydrogen (secondary N) is 1. The summed E-state index contributed by atoms with van der Waals surface area (Å²) in [6.07, 6.45) is 0. The van der Waals surface area contributed by atoms with Crippen molar-refractivity contribution in [1.82, 2.24) is 5.32 Å². The van der Waals surface area contributed by atoms with E-state index in [9.17, 15) is 0 Å². The Hall–Kier alpha value is -0.550. The molecular weight excluding hydrogens is 358 g/mol. The number of thiophene rings is 1. The molecule has 2 rings (SSSR count). The minimum absolute atomic E-state index is 0.259. The van der Waals surface area contributed by atoms with Gasteiger partial charge in [-0.1, -0.05) is 40.5 Å². The third-order valence-corrected chi connectivity index (χ3v) is 4.65. The van der Waals surface area contributed by atoms with E-state index in [2.05, 4.69) is 41.2 Å². The third kappa shape index (κ3) is 4.22. The average molecular weight is 375 g/mol. The maximum atomic E-state index is 5.97. The average Bonchev–Trinajstić information content (AvgIpc) is 2.82. The van der Waals surface area contributed by atoms with E-state index in [4.69, 9.17) is 16.3 Å². The highest BCUT2D eigenvalue weighted by atomic mass is 79.9. The van der Waals surface area contributed by atoms with Crippen molar-refractivity contribution in [2.75, 3.05) is 6.54 Å². The minimum Gasteiger partial charge on any atom is -0.488 e. The predicted molar refractivity (Wildman–Crippen MR) is 89.9 cm³/mol. The van der Waals surface area contributed by atoms with Gasteiger partial charge in [-0.05, 0) is 37.7 Å². The molecule has 1 heterocycles. The first kappa shape index (κ1) is 15.8. The van der Waals surface area contributed by atoms with Gasteiger partial charge in [-0.3, -0.25) is 0 Å². The van der Waals surface area contributed by atoms with E-state index in [0.29, 0.717) is 6.61 Å². The second-order valence-electron chi connectivity index (χ2n) is 4.46. The highest BCUT2D eigenvalue weighted by molar-refractivity contribution is 9.10. The summed E-state index contributed by atoms with van der Waals surface area (Å²) in [5, 5.41) is 3.41. The van der Waals surface area contributed by atoms with Crippen molar-refractivity contribution in [1.29, 1.82) is 0 Å². The summed E-state index contributed by atoms with van der Waals surface area (Å²) in [6.45, 7) is 5.71. The topological polar surface area (TPSA) is 21.3 Å². The largest absolute Gasteiger partial charge is 0.488 e. The van der Waals surface area contributed by atoms with Crippen LogP contribution in [0.5, 0.6) is 5.75 Å². The van der Waals surface area contributed by atoms with Crippen molar-refractivity contribution >= 4 is 38.9 Å². The quantitative estimate of drug-likeness (QED) is 0.729. The maximum Gasteiger partial charge on any atom is 0.125 e. The van der Waals surface area contributed by atoms with Crippen LogP contribution in [0.2, 0.25) is 4.34 Å². The number of hydrogen-bond donors (Lipinski definition) is 1. The molecule has 0 aliphatic carbocycles. The van der Waals surface area contributed by atoms with Crippen LogP contribution in [-0.4, -0.2) is 6.54 Å². The lowest BCUT2D eigenvalue weighted by Crippen LogP contribution is -2.18. The van der Waals surface area contributed by atoms with Gasteiger partial charge in [0.05, 0.1) is 4.34 Å². The van der Waals surface area contributed by atoms with Crippen LogP contribution in [0.4, 0.5) is 0 Å². The highest BCUT2D eigenvalue weighted by Crippen LogP contribution is 2.30. The molecule has 0 saturated carbocycles. The van der Waals surface area contributed by atoms with Gasteiger partial charge in [0.2, 0.25) is 0 Å². The molecule has 0 amide bonds. The fourth-order valence-electron chi connectivity index (χ4n) is 1.99. The Balaban J connectivity index is 2.14. The number of ether oxygens (including phenoxy) is 1. The molecule has 0 bridgehead atoms. The number of benzene rings is 1. The summed E-state index contributed by atoms with van der Waals surface area (Å²) in [5.74, 6) is 0.900. The van der Waals surface area contributed by atoms with E-state index in [1.807, 2.05) is 24.3 Å². The number of hydrogen-bond acceptors (Lipinski definition) is 3. The zero-order valence-electron chi connectivity index (χ0n) is 11.5. The van der Waals surface area contributed by atoms with Crippen LogP contribution in [0.15, 0.2) is 34.8 Å². The smallest absolute Gasteiger partial charge is 0.125 e. The minimum atomic E-state index is 0.259. The molecule has 0 aliphatic heterocycles. The summed E-state index contributed by atoms with van der Waals surface area (Å²) in [4.78, 5) is 1.12. The fraction of sp³-hybridized carbons (Fsp3) is 0.333. The predicted octanol–water partition coefficient (Wildman–Crippen LogP) is 5.41. The van der Waals surface area contributed by atoms with Crippen molar-refractivity contribution in [2.24, 2.45) is 0 Å². The van der Waals surface area contributed by atoms with Crippen molar-refractivity contribution < 1.29 is 4.74 Å². The Morgan fingerprint density at radius 2 is 2.15 bits per heavy atom. The van der Waals surface area contributed by atoms with E-state index in [0.717, 1.165) is 31.5 Å². The molecule has 0 spiro atoms. The third-order valence-electron chi connectivity index (χ3n) is 2.95. The maximum absolute atomic E-state index is 5.97. The number of halogens is 2. The van der Waals surface area contributed by atoms with Gasteiger partial charge in [0.25, 0.3) is 0 Å². The lowest BCUT2D eigenvalue weighted by molar-refractivity contribution is 0.303. The molecule has 1 atom stereocenters. The van der Waals surface area contributed by atoms with Gasteiger partial charge in [-0.15, -0.1) is 11.3 Å². The Morgan fingerprint density at radius 1 is 1.35 bits per heavy atom. The second-order valence-corrected chi connectivity index (χ2v) is 7.17. The van der Waals surface area contributed by atoms with Crippen LogP contribution in [0.1, 0.15) is 30.3 Å². The molecule has 0 radical (unpaired) electrons. The summed E-state index contributed by atoms with van der Waals surface area (Å²) >= 11 is 11.0. The molecule has 1 N–H and O–H groups in total. The molecule has 2 nitrogen and oxygen atoms in total. The van der Waals surface area contributed by atoms with Gasteiger partial charge >= 0.3 is 0 Å². The molecule has 20 heavy (non-hydrogen) atoms. The van der Waals surface area contributed by atoms with Gasteiger partial charge in [-0.2, -0.15) is 0 Å². The van der Waals surface area contributed by atoms with Crippen LogP contribution in [0, 0.1) is 0 Å². The normalized spacial score (nSPS) is 12.4. The molecule has 0 fully saturated rings. The van der Waals surface area contributed by atoms with E-state index in [1.165, 1.54) is 0 Å². The molecular formula is C15H17BrClNOS. The zero-order chi connectivity index (χ0) is 14.5. The van der Waals surface area contributed by atoms with Crippen LogP contribution in [0.3, 0.4) is 0 Å². The van der Waals surface area contributed by atoms with Gasteiger partial charge < -0.3 is 10.1 Å². The summed E-state index contributed by atoms with van der Waals surface area (Å²) < 4.78 is 7.78. The van der Waals surface area contributed by atoms with Crippen molar-refractivity contribution in [3.8, 4) is 5.75 Å². The lowest BCUT2D eigenvalue weighted by Gasteiger charge is -2.17. The molecule has 108 valence electrons. The molecule has 0 aliphatic rings. The Labute approximate surface area is 137 Å². The molecule has 5 heteroatoms. The van der Waals surface area contributed by atoms with Crippen molar-refractivity contribution in [3.63, 3.8) is 0 Å². The Bertz CT molecular complexity index is 573. The molecule has 0 saturated heterocycles. The first-order valence-electron chi connectivity index (χ1n) is 6.50. The first-order valence-corrected chi connectivity index (χ1v) is 8.48. The van der Waals surface area contributed by atoms with Crippen molar-refractivity contribution in [3.05, 3.63) is 49.6 Å². The summed E-state index contributed by atoms with van der Waals surface area (Å²) in [7, 11) is 0. The van der Waals surface area contributed by atoms with Crippen LogP contribution in [-0.2, 0) is 6.61 Å². The van der Waals surface area contributed by atoms with Gasteiger partial charge in [0, 0.05) is 21.0 Å². The SMILES string of the molecule is CCNC(C)c1ccc(Br)cc1OCc1ccc(Cl)s1. The second kappa shape index (κ2) is 7.46. The van der Waals surface area contributed by atoms with Gasteiger partial charge in [-0.25, -0.2) is 0 Å². The monoisotopic (exact) mass is 373 g/mol. The first-order chi connectivity index (χ1) is 9.60. The fourth-order valence-corrected chi connectivity index (χ4v) is 3.33. The van der Waals surface area contributed by atoms with E-state index >= 15 is 0 Å². The number of rotatable bonds is 6. The van der Waals surface area contributed by atoms with Gasteiger partial charge in [0.1, 0.15) is 12.4 Å². The Kier molecular flexibility index (Phi) is 5.90. The Morgan fingerprint density at radius 3 is 2.80 bits per heavy atom. The summed E-state index contributed by atoms with van der Waals surface area (Å²) in [5.41, 5.74) is 1.16. The van der Waals surface area contributed by atoms with E-state index in [-0.39, 0.29) is 6.04 Å². The van der Waals surface area contributed by atoms with Crippen LogP contribution >= 0.6 is 38.9 Å². The van der Waals surface area contributed by atoms with E-state index < -0.39 is 0 Å². The van der Waals surface area contributed by atoms with Gasteiger partial charge in [0.15, 0.2) is 0 Å². The van der Waals surface area contributed by atoms with Crippen LogP contribution < -0.4 is 10.1 Å². The van der Waals surface area contributed by atoms with E-state index in [1.54, 1.807) is 11.3 Å². The lowest BCUT2D eigenvalue weighted by atomic mass is 10.1. The van der Waals surface area contributed by atoms with Crippen molar-refractivity contribution in [2.45, 2.75) is 26.5 Å². The summed E-state index contributed by atoms with van der Waals surface area (Å²) in [6, 6.07) is 10.3. The zero-order valence-corrected chi connectivity index (χ0v) is 14.6. The molecule has 1 unspecified atom stereocenters. The molecule has 1 aromatic heterocycles. The molecule has 2 aromatic rings. The highest BCUT2D eigenvalue weighted by Gasteiger charge is 2.12. The standard InChI is InChI=1S/C15H17BrClNOS/c1-3-18-10(2)13-6-4-11(16)8-14(13)19-9-12-5-7-15(17)20-12/h4-8,10,18H,3,9H2,1-2H3. The van der Waals surface area contributed by atoms with Crippen LogP contribution in [0.25, 0.3) is 0 Å².